The molecule has 3 nitrogen and oxygen atoms in total. The van der Waals surface area contributed by atoms with Crippen molar-refractivity contribution in [3.05, 3.63) is 35.7 Å². The molecule has 0 saturated heterocycles. The van der Waals surface area contributed by atoms with Crippen molar-refractivity contribution in [1.82, 2.24) is 9.55 Å². The molecule has 5 heteroatoms. The summed E-state index contributed by atoms with van der Waals surface area (Å²) in [6, 6.07) is 3.42. The Balaban J connectivity index is 2.11. The highest BCUT2D eigenvalue weighted by Crippen LogP contribution is 2.39. The van der Waals surface area contributed by atoms with Crippen LogP contribution in [-0.2, 0) is 6.54 Å². The van der Waals surface area contributed by atoms with Crippen LogP contribution in [-0.4, -0.2) is 23.1 Å². The fourth-order valence-corrected chi connectivity index (χ4v) is 3.45. The molecule has 0 N–H and O–H groups in total. The fraction of sp³-hybridized carbons (Fsp3) is 0.214. The largest absolute Gasteiger partial charge is 0.369 e. The number of anilines is 1. The van der Waals surface area contributed by atoms with Gasteiger partial charge in [0, 0.05) is 48.9 Å². The SMILES string of the molecule is CN1CCn2cc(-c3nccs3)c3ccc(F)c1c32. The monoisotopic (exact) mass is 273 g/mol. The summed E-state index contributed by atoms with van der Waals surface area (Å²) in [6.07, 6.45) is 3.90. The molecule has 3 heterocycles. The van der Waals surface area contributed by atoms with E-state index in [0.717, 1.165) is 34.6 Å². The molecule has 19 heavy (non-hydrogen) atoms. The van der Waals surface area contributed by atoms with E-state index in [-0.39, 0.29) is 5.82 Å². The van der Waals surface area contributed by atoms with Gasteiger partial charge in [0.1, 0.15) is 10.8 Å². The maximum absolute atomic E-state index is 14.1. The first-order valence-electron chi connectivity index (χ1n) is 6.18. The fourth-order valence-electron chi connectivity index (χ4n) is 2.79. The first-order chi connectivity index (χ1) is 9.25. The summed E-state index contributed by atoms with van der Waals surface area (Å²) in [5.41, 5.74) is 2.78. The average molecular weight is 273 g/mol. The third kappa shape index (κ3) is 1.45. The molecule has 0 bridgehead atoms. The molecule has 4 rings (SSSR count). The second-order valence-electron chi connectivity index (χ2n) is 4.79. The van der Waals surface area contributed by atoms with Crippen LogP contribution < -0.4 is 4.90 Å². The van der Waals surface area contributed by atoms with Gasteiger partial charge in [0.2, 0.25) is 0 Å². The van der Waals surface area contributed by atoms with E-state index in [2.05, 4.69) is 15.7 Å². The van der Waals surface area contributed by atoms with Gasteiger partial charge in [-0.05, 0) is 12.1 Å². The number of thiazole rings is 1. The van der Waals surface area contributed by atoms with Crippen molar-refractivity contribution in [2.45, 2.75) is 6.54 Å². The lowest BCUT2D eigenvalue weighted by molar-refractivity contribution is 0.606. The summed E-state index contributed by atoms with van der Waals surface area (Å²) < 4.78 is 16.2. The van der Waals surface area contributed by atoms with Crippen LogP contribution in [0.15, 0.2) is 29.9 Å². The summed E-state index contributed by atoms with van der Waals surface area (Å²) in [7, 11) is 1.94. The van der Waals surface area contributed by atoms with Crippen molar-refractivity contribution < 1.29 is 4.39 Å². The molecule has 2 aromatic heterocycles. The van der Waals surface area contributed by atoms with E-state index in [1.807, 2.05) is 23.4 Å². The van der Waals surface area contributed by atoms with Gasteiger partial charge in [0.25, 0.3) is 0 Å². The summed E-state index contributed by atoms with van der Waals surface area (Å²) >= 11 is 1.61. The zero-order chi connectivity index (χ0) is 13.0. The maximum Gasteiger partial charge on any atom is 0.148 e. The number of benzene rings is 1. The number of rotatable bonds is 1. The molecule has 0 aliphatic carbocycles. The average Bonchev–Trinajstić information content (AvgIpc) is 3.03. The summed E-state index contributed by atoms with van der Waals surface area (Å²) in [5.74, 6) is -0.153. The quantitative estimate of drug-likeness (QED) is 0.678. The van der Waals surface area contributed by atoms with Crippen LogP contribution in [0.25, 0.3) is 21.5 Å². The molecule has 1 aliphatic heterocycles. The number of halogens is 1. The van der Waals surface area contributed by atoms with Gasteiger partial charge < -0.3 is 9.47 Å². The minimum atomic E-state index is -0.153. The molecule has 0 fully saturated rings. The first-order valence-corrected chi connectivity index (χ1v) is 7.06. The standard InChI is InChI=1S/C14H12FN3S/c1-17-5-6-18-8-10(14-16-4-7-19-14)9-2-3-11(15)13(17)12(9)18/h2-4,7-8H,5-6H2,1H3. The van der Waals surface area contributed by atoms with Gasteiger partial charge in [0.15, 0.2) is 0 Å². The molecule has 0 unspecified atom stereocenters. The van der Waals surface area contributed by atoms with E-state index in [0.29, 0.717) is 5.69 Å². The van der Waals surface area contributed by atoms with Crippen molar-refractivity contribution in [3.63, 3.8) is 0 Å². The minimum absolute atomic E-state index is 0.153. The van der Waals surface area contributed by atoms with Crippen molar-refractivity contribution in [2.24, 2.45) is 0 Å². The molecule has 0 saturated carbocycles. The number of hydrogen-bond acceptors (Lipinski definition) is 3. The van der Waals surface area contributed by atoms with E-state index in [9.17, 15) is 4.39 Å². The first kappa shape index (κ1) is 11.0. The molecule has 3 aromatic rings. The van der Waals surface area contributed by atoms with Gasteiger partial charge in [-0.15, -0.1) is 11.3 Å². The van der Waals surface area contributed by atoms with E-state index >= 15 is 0 Å². The number of likely N-dealkylation sites (N-methyl/N-ethyl adjacent to an activating group) is 1. The van der Waals surface area contributed by atoms with Gasteiger partial charge in [0.05, 0.1) is 11.2 Å². The van der Waals surface area contributed by atoms with Crippen LogP contribution in [0.5, 0.6) is 0 Å². The molecule has 1 aliphatic rings. The van der Waals surface area contributed by atoms with Crippen LogP contribution in [0.2, 0.25) is 0 Å². The normalized spacial score (nSPS) is 14.3. The lowest BCUT2D eigenvalue weighted by atomic mass is 10.1. The molecular formula is C14H12FN3S. The Bertz CT molecular complexity index is 761. The van der Waals surface area contributed by atoms with Crippen LogP contribution in [0.1, 0.15) is 0 Å². The molecule has 0 amide bonds. The van der Waals surface area contributed by atoms with Crippen LogP contribution >= 0.6 is 11.3 Å². The Kier molecular flexibility index (Phi) is 2.20. The Labute approximate surface area is 113 Å². The number of nitrogens with zero attached hydrogens (tertiary/aromatic N) is 3. The van der Waals surface area contributed by atoms with Crippen molar-refractivity contribution in [2.75, 3.05) is 18.5 Å². The van der Waals surface area contributed by atoms with E-state index in [1.54, 1.807) is 23.6 Å². The summed E-state index contributed by atoms with van der Waals surface area (Å²) in [6.45, 7) is 1.71. The minimum Gasteiger partial charge on any atom is -0.369 e. The maximum atomic E-state index is 14.1. The summed E-state index contributed by atoms with van der Waals surface area (Å²) in [5, 5.41) is 4.04. The van der Waals surface area contributed by atoms with E-state index in [4.69, 9.17) is 0 Å². The van der Waals surface area contributed by atoms with Gasteiger partial charge >= 0.3 is 0 Å². The Morgan fingerprint density at radius 3 is 3.00 bits per heavy atom. The Morgan fingerprint density at radius 1 is 1.32 bits per heavy atom. The molecule has 0 spiro atoms. The van der Waals surface area contributed by atoms with Crippen molar-refractivity contribution >= 4 is 27.9 Å². The van der Waals surface area contributed by atoms with Gasteiger partial charge in [-0.3, -0.25) is 0 Å². The zero-order valence-corrected chi connectivity index (χ0v) is 11.2. The van der Waals surface area contributed by atoms with Crippen LogP contribution in [0.4, 0.5) is 10.1 Å². The summed E-state index contributed by atoms with van der Waals surface area (Å²) in [4.78, 5) is 6.36. The van der Waals surface area contributed by atoms with Crippen molar-refractivity contribution in [1.29, 1.82) is 0 Å². The second-order valence-corrected chi connectivity index (χ2v) is 5.68. The van der Waals surface area contributed by atoms with Crippen molar-refractivity contribution in [3.8, 4) is 10.6 Å². The highest BCUT2D eigenvalue weighted by atomic mass is 32.1. The lowest BCUT2D eigenvalue weighted by Gasteiger charge is -2.27. The van der Waals surface area contributed by atoms with Gasteiger partial charge in [-0.25, -0.2) is 9.37 Å². The smallest absolute Gasteiger partial charge is 0.148 e. The van der Waals surface area contributed by atoms with Gasteiger partial charge in [-0.2, -0.15) is 0 Å². The van der Waals surface area contributed by atoms with E-state index < -0.39 is 0 Å². The topological polar surface area (TPSA) is 21.1 Å². The molecular weight excluding hydrogens is 261 g/mol. The number of aromatic nitrogens is 2. The molecule has 96 valence electrons. The predicted molar refractivity (Wildman–Crippen MR) is 76.3 cm³/mol. The zero-order valence-electron chi connectivity index (χ0n) is 10.4. The van der Waals surface area contributed by atoms with E-state index in [1.165, 1.54) is 0 Å². The third-order valence-electron chi connectivity index (χ3n) is 3.69. The Morgan fingerprint density at radius 2 is 2.21 bits per heavy atom. The van der Waals surface area contributed by atoms with Gasteiger partial charge in [-0.1, -0.05) is 0 Å². The van der Waals surface area contributed by atoms with Crippen LogP contribution in [0.3, 0.4) is 0 Å². The highest BCUT2D eigenvalue weighted by Gasteiger charge is 2.23. The highest BCUT2D eigenvalue weighted by molar-refractivity contribution is 7.13. The molecule has 1 aromatic carbocycles. The molecule has 0 atom stereocenters. The second kappa shape index (κ2) is 3.81. The lowest BCUT2D eigenvalue weighted by Crippen LogP contribution is -2.28. The number of hydrogen-bond donors (Lipinski definition) is 0. The third-order valence-corrected chi connectivity index (χ3v) is 4.49. The Hall–Kier alpha value is -1.88. The predicted octanol–water partition coefficient (Wildman–Crippen LogP) is 3.35. The molecule has 0 radical (unpaired) electrons. The van der Waals surface area contributed by atoms with Crippen LogP contribution in [0, 0.1) is 5.82 Å².